The largest absolute Gasteiger partial charge is 0.295 e. The van der Waals surface area contributed by atoms with Crippen molar-refractivity contribution in [3.63, 3.8) is 0 Å². The van der Waals surface area contributed by atoms with Gasteiger partial charge in [-0.3, -0.25) is 15.1 Å². The van der Waals surface area contributed by atoms with E-state index < -0.39 is 0 Å². The molecule has 3 aromatic rings. The summed E-state index contributed by atoms with van der Waals surface area (Å²) in [6.07, 6.45) is 4.36. The van der Waals surface area contributed by atoms with Crippen molar-refractivity contribution in [2.24, 2.45) is 0 Å². The van der Waals surface area contributed by atoms with E-state index in [0.29, 0.717) is 10.2 Å². The van der Waals surface area contributed by atoms with Crippen molar-refractivity contribution < 1.29 is 4.79 Å². The molecule has 23 heavy (non-hydrogen) atoms. The lowest BCUT2D eigenvalue weighted by Gasteiger charge is -1.99. The Bertz CT molecular complexity index is 794. The van der Waals surface area contributed by atoms with Crippen LogP contribution in [0, 0.1) is 0 Å². The molecule has 0 bridgehead atoms. The Morgan fingerprint density at radius 1 is 1.22 bits per heavy atom. The van der Waals surface area contributed by atoms with Crippen molar-refractivity contribution >= 4 is 45.7 Å². The summed E-state index contributed by atoms with van der Waals surface area (Å²) in [5.41, 5.74) is 1.37. The van der Waals surface area contributed by atoms with Crippen LogP contribution in [-0.2, 0) is 5.75 Å². The Balaban J connectivity index is 1.57. The van der Waals surface area contributed by atoms with Crippen LogP contribution in [0.2, 0.25) is 5.02 Å². The van der Waals surface area contributed by atoms with Gasteiger partial charge in [0, 0.05) is 23.2 Å². The molecule has 0 radical (unpaired) electrons. The Morgan fingerprint density at radius 3 is 2.78 bits per heavy atom. The number of carbonyl (C=O) groups excluding carboxylic acids is 1. The predicted molar refractivity (Wildman–Crippen MR) is 90.9 cm³/mol. The maximum atomic E-state index is 11.9. The molecular formula is C14H10ClN5OS2. The Labute approximate surface area is 145 Å². The van der Waals surface area contributed by atoms with Gasteiger partial charge < -0.3 is 0 Å². The molecule has 0 saturated carbocycles. The average Bonchev–Trinajstić information content (AvgIpc) is 3.02. The minimum Gasteiger partial charge on any atom is -0.295 e. The fourth-order valence-electron chi connectivity index (χ4n) is 1.62. The lowest BCUT2D eigenvalue weighted by Crippen LogP contribution is -2.13. The van der Waals surface area contributed by atoms with Crippen LogP contribution >= 0.6 is 34.7 Å². The van der Waals surface area contributed by atoms with Gasteiger partial charge in [-0.1, -0.05) is 46.8 Å². The summed E-state index contributed by atoms with van der Waals surface area (Å²) >= 11 is 8.71. The summed E-state index contributed by atoms with van der Waals surface area (Å²) in [5, 5.41) is 11.8. The van der Waals surface area contributed by atoms with Crippen molar-refractivity contribution in [1.82, 2.24) is 20.2 Å². The lowest BCUT2D eigenvalue weighted by molar-refractivity contribution is 0.102. The average molecular weight is 364 g/mol. The number of benzene rings is 1. The summed E-state index contributed by atoms with van der Waals surface area (Å²) in [7, 11) is 0. The van der Waals surface area contributed by atoms with Crippen LogP contribution in [0.15, 0.2) is 47.2 Å². The highest BCUT2D eigenvalue weighted by atomic mass is 35.5. The first-order valence-corrected chi connectivity index (χ1v) is 8.67. The molecule has 1 amide bonds. The van der Waals surface area contributed by atoms with Crippen LogP contribution in [0.4, 0.5) is 5.13 Å². The number of nitrogens with zero attached hydrogens (tertiary/aromatic N) is 4. The van der Waals surface area contributed by atoms with E-state index in [2.05, 4.69) is 25.5 Å². The van der Waals surface area contributed by atoms with Gasteiger partial charge in [0.25, 0.3) is 5.91 Å². The van der Waals surface area contributed by atoms with E-state index >= 15 is 0 Å². The van der Waals surface area contributed by atoms with Crippen molar-refractivity contribution in [1.29, 1.82) is 0 Å². The van der Waals surface area contributed by atoms with Crippen LogP contribution in [0.1, 0.15) is 16.1 Å². The number of nitrogens with one attached hydrogen (secondary N) is 1. The molecule has 0 aliphatic heterocycles. The molecular weight excluding hydrogens is 354 g/mol. The van der Waals surface area contributed by atoms with E-state index in [1.165, 1.54) is 29.9 Å². The minimum atomic E-state index is -0.358. The summed E-state index contributed by atoms with van der Waals surface area (Å²) in [6.45, 7) is 0. The van der Waals surface area contributed by atoms with Gasteiger partial charge in [0.15, 0.2) is 4.34 Å². The van der Waals surface area contributed by atoms with Crippen molar-refractivity contribution in [2.45, 2.75) is 10.1 Å². The lowest BCUT2D eigenvalue weighted by atomic mass is 10.2. The fourth-order valence-corrected chi connectivity index (χ4v) is 3.45. The standard InChI is InChI=1S/C14H10ClN5OS2/c15-10-3-1-9(2-4-10)8-22-14-20-19-13(23-14)18-12(21)11-7-16-5-6-17-11/h1-7H,8H2,(H,18,19,21). The van der Waals surface area contributed by atoms with Crippen LogP contribution in [0.25, 0.3) is 0 Å². The first-order chi connectivity index (χ1) is 11.2. The third kappa shape index (κ3) is 4.47. The maximum absolute atomic E-state index is 11.9. The van der Waals surface area contributed by atoms with Crippen molar-refractivity contribution in [2.75, 3.05) is 5.32 Å². The van der Waals surface area contributed by atoms with Gasteiger partial charge >= 0.3 is 0 Å². The number of carbonyl (C=O) groups is 1. The number of halogens is 1. The van der Waals surface area contributed by atoms with Crippen molar-refractivity contribution in [3.05, 3.63) is 59.1 Å². The molecule has 6 nitrogen and oxygen atoms in total. The molecule has 2 heterocycles. The number of hydrogen-bond acceptors (Lipinski definition) is 7. The summed E-state index contributed by atoms with van der Waals surface area (Å²) in [4.78, 5) is 19.7. The minimum absolute atomic E-state index is 0.234. The van der Waals surface area contributed by atoms with Crippen LogP contribution < -0.4 is 5.32 Å². The number of rotatable bonds is 5. The molecule has 9 heteroatoms. The van der Waals surface area contributed by atoms with Gasteiger partial charge in [0.1, 0.15) is 5.69 Å². The molecule has 0 fully saturated rings. The summed E-state index contributed by atoms with van der Waals surface area (Å²) in [5.74, 6) is 0.396. The molecule has 1 aromatic carbocycles. The molecule has 0 atom stereocenters. The quantitative estimate of drug-likeness (QED) is 0.551. The van der Waals surface area contributed by atoms with E-state index in [4.69, 9.17) is 11.6 Å². The van der Waals surface area contributed by atoms with Gasteiger partial charge in [-0.05, 0) is 17.7 Å². The molecule has 0 aliphatic carbocycles. The Kier molecular flexibility index (Phi) is 5.16. The fraction of sp³-hybridized carbons (Fsp3) is 0.0714. The highest BCUT2D eigenvalue weighted by molar-refractivity contribution is 8.00. The first-order valence-electron chi connectivity index (χ1n) is 6.49. The molecule has 116 valence electrons. The normalized spacial score (nSPS) is 10.5. The summed E-state index contributed by atoms with van der Waals surface area (Å²) < 4.78 is 0.773. The zero-order chi connectivity index (χ0) is 16.1. The Morgan fingerprint density at radius 2 is 2.04 bits per heavy atom. The number of anilines is 1. The second-order valence-corrected chi connectivity index (χ2v) is 6.97. The molecule has 0 saturated heterocycles. The molecule has 0 spiro atoms. The number of amides is 1. The van der Waals surface area contributed by atoms with E-state index in [0.717, 1.165) is 15.7 Å². The third-order valence-corrected chi connectivity index (χ3v) is 4.99. The van der Waals surface area contributed by atoms with Crippen LogP contribution in [0.5, 0.6) is 0 Å². The van der Waals surface area contributed by atoms with E-state index in [1.54, 1.807) is 11.8 Å². The highest BCUT2D eigenvalue weighted by Gasteiger charge is 2.11. The SMILES string of the molecule is O=C(Nc1nnc(SCc2ccc(Cl)cc2)s1)c1cnccn1. The van der Waals surface area contributed by atoms with Gasteiger partial charge in [0.05, 0.1) is 6.20 Å². The molecule has 2 aromatic heterocycles. The van der Waals surface area contributed by atoms with Gasteiger partial charge in [0.2, 0.25) is 5.13 Å². The van der Waals surface area contributed by atoms with Gasteiger partial charge in [-0.25, -0.2) is 4.98 Å². The molecule has 0 aliphatic rings. The zero-order valence-corrected chi connectivity index (χ0v) is 14.0. The van der Waals surface area contributed by atoms with E-state index in [9.17, 15) is 4.79 Å². The predicted octanol–water partition coefficient (Wildman–Crippen LogP) is 3.53. The van der Waals surface area contributed by atoms with Gasteiger partial charge in [-0.2, -0.15) is 0 Å². The maximum Gasteiger partial charge on any atom is 0.277 e. The smallest absolute Gasteiger partial charge is 0.277 e. The Hall–Kier alpha value is -2.03. The number of hydrogen-bond donors (Lipinski definition) is 1. The topological polar surface area (TPSA) is 80.7 Å². The van der Waals surface area contributed by atoms with Gasteiger partial charge in [-0.15, -0.1) is 10.2 Å². The molecule has 0 unspecified atom stereocenters. The molecule has 1 N–H and O–H groups in total. The van der Waals surface area contributed by atoms with Crippen LogP contribution in [0.3, 0.4) is 0 Å². The number of thioether (sulfide) groups is 1. The highest BCUT2D eigenvalue weighted by Crippen LogP contribution is 2.28. The van der Waals surface area contributed by atoms with Crippen molar-refractivity contribution in [3.8, 4) is 0 Å². The van der Waals surface area contributed by atoms with E-state index in [1.807, 2.05) is 24.3 Å². The monoisotopic (exact) mass is 363 g/mol. The second kappa shape index (κ2) is 7.49. The van der Waals surface area contributed by atoms with Crippen LogP contribution in [-0.4, -0.2) is 26.1 Å². The number of aromatic nitrogens is 4. The molecule has 3 rings (SSSR count). The van der Waals surface area contributed by atoms with E-state index in [-0.39, 0.29) is 11.6 Å². The summed E-state index contributed by atoms with van der Waals surface area (Å²) in [6, 6.07) is 7.63. The zero-order valence-electron chi connectivity index (χ0n) is 11.6. The first kappa shape index (κ1) is 15.9. The third-order valence-electron chi connectivity index (χ3n) is 2.70. The second-order valence-electron chi connectivity index (χ2n) is 4.33.